The summed E-state index contributed by atoms with van der Waals surface area (Å²) >= 11 is 3.42. The average Bonchev–Trinajstić information content (AvgIpc) is 2.71. The lowest BCUT2D eigenvalue weighted by molar-refractivity contribution is 0.121. The van der Waals surface area contributed by atoms with Crippen molar-refractivity contribution in [1.29, 1.82) is 0 Å². The van der Waals surface area contributed by atoms with Crippen LogP contribution in [0, 0.1) is 0 Å². The second-order valence-corrected chi connectivity index (χ2v) is 6.89. The van der Waals surface area contributed by atoms with Crippen LogP contribution in [0.1, 0.15) is 0 Å². The van der Waals surface area contributed by atoms with Crippen LogP contribution in [0.3, 0.4) is 0 Å². The van der Waals surface area contributed by atoms with E-state index in [1.165, 1.54) is 0 Å². The molecule has 8 nitrogen and oxygen atoms in total. The molecule has 0 aliphatic carbocycles. The molecule has 2 aliphatic heterocycles. The molecule has 0 unspecified atom stereocenters. The van der Waals surface area contributed by atoms with E-state index in [2.05, 4.69) is 40.7 Å². The molecule has 3 heterocycles. The van der Waals surface area contributed by atoms with Gasteiger partial charge in [0.2, 0.25) is 11.9 Å². The molecule has 26 heavy (non-hydrogen) atoms. The van der Waals surface area contributed by atoms with Crippen LogP contribution in [0.5, 0.6) is 11.8 Å². The molecule has 0 N–H and O–H groups in total. The Balaban J connectivity index is 1.63. The van der Waals surface area contributed by atoms with Gasteiger partial charge in [0.25, 0.3) is 0 Å². The summed E-state index contributed by atoms with van der Waals surface area (Å²) in [6.45, 7) is 5.69. The predicted octanol–water partition coefficient (Wildman–Crippen LogP) is 2.10. The minimum Gasteiger partial charge on any atom is -0.424 e. The van der Waals surface area contributed by atoms with Crippen molar-refractivity contribution in [3.05, 3.63) is 28.7 Å². The first-order valence-electron chi connectivity index (χ1n) is 8.63. The maximum absolute atomic E-state index is 5.90. The van der Waals surface area contributed by atoms with E-state index >= 15 is 0 Å². The van der Waals surface area contributed by atoms with E-state index in [9.17, 15) is 0 Å². The summed E-state index contributed by atoms with van der Waals surface area (Å²) in [7, 11) is 0. The summed E-state index contributed by atoms with van der Waals surface area (Å²) in [5, 5.41) is 0. The highest BCUT2D eigenvalue weighted by Gasteiger charge is 2.21. The van der Waals surface area contributed by atoms with Crippen LogP contribution >= 0.6 is 15.9 Å². The van der Waals surface area contributed by atoms with Crippen LogP contribution in [-0.2, 0) is 9.47 Å². The Hall–Kier alpha value is -1.97. The minimum atomic E-state index is 0.297. The van der Waals surface area contributed by atoms with Gasteiger partial charge < -0.3 is 24.0 Å². The molecule has 0 atom stereocenters. The normalized spacial score (nSPS) is 18.0. The molecule has 4 rings (SSSR count). The fourth-order valence-corrected chi connectivity index (χ4v) is 3.06. The number of ether oxygens (including phenoxy) is 3. The lowest BCUT2D eigenvalue weighted by Gasteiger charge is -2.30. The highest BCUT2D eigenvalue weighted by molar-refractivity contribution is 9.10. The number of anilines is 2. The Labute approximate surface area is 160 Å². The second kappa shape index (κ2) is 8.15. The molecule has 1 aromatic carbocycles. The number of nitrogens with zero attached hydrogens (tertiary/aromatic N) is 5. The maximum atomic E-state index is 5.90. The Bertz CT molecular complexity index is 697. The van der Waals surface area contributed by atoms with Crippen LogP contribution in [0.4, 0.5) is 11.9 Å². The van der Waals surface area contributed by atoms with Crippen molar-refractivity contribution in [2.75, 3.05) is 62.4 Å². The molecular weight excluding hydrogens is 402 g/mol. The van der Waals surface area contributed by atoms with E-state index in [0.717, 1.165) is 30.7 Å². The molecule has 0 amide bonds. The van der Waals surface area contributed by atoms with Gasteiger partial charge in [-0.3, -0.25) is 0 Å². The van der Waals surface area contributed by atoms with E-state index < -0.39 is 0 Å². The monoisotopic (exact) mass is 421 g/mol. The molecule has 2 saturated heterocycles. The molecule has 2 aromatic rings. The molecule has 2 fully saturated rings. The third-order valence-electron chi connectivity index (χ3n) is 4.20. The van der Waals surface area contributed by atoms with Crippen molar-refractivity contribution in [2.24, 2.45) is 0 Å². The van der Waals surface area contributed by atoms with Gasteiger partial charge in [-0.1, -0.05) is 15.9 Å². The van der Waals surface area contributed by atoms with Gasteiger partial charge in [-0.15, -0.1) is 0 Å². The van der Waals surface area contributed by atoms with Crippen LogP contribution in [0.2, 0.25) is 0 Å². The van der Waals surface area contributed by atoms with Gasteiger partial charge in [0.05, 0.1) is 26.4 Å². The first-order chi connectivity index (χ1) is 12.8. The Morgan fingerprint density at radius 2 is 1.27 bits per heavy atom. The van der Waals surface area contributed by atoms with Crippen molar-refractivity contribution >= 4 is 27.8 Å². The Morgan fingerprint density at radius 1 is 0.769 bits per heavy atom. The summed E-state index contributed by atoms with van der Waals surface area (Å²) in [5.41, 5.74) is 0. The number of morpholine rings is 2. The van der Waals surface area contributed by atoms with Gasteiger partial charge in [-0.2, -0.15) is 15.0 Å². The van der Waals surface area contributed by atoms with Gasteiger partial charge in [0.1, 0.15) is 5.75 Å². The Morgan fingerprint density at radius 3 is 1.77 bits per heavy atom. The number of aromatic nitrogens is 3. The lowest BCUT2D eigenvalue weighted by atomic mass is 10.3. The van der Waals surface area contributed by atoms with Gasteiger partial charge >= 0.3 is 6.01 Å². The van der Waals surface area contributed by atoms with Gasteiger partial charge in [-0.25, -0.2) is 0 Å². The minimum absolute atomic E-state index is 0.297. The fraction of sp³-hybridized carbons (Fsp3) is 0.471. The van der Waals surface area contributed by atoms with Gasteiger partial charge in [-0.05, 0) is 24.3 Å². The molecule has 0 spiro atoms. The van der Waals surface area contributed by atoms with E-state index in [1.807, 2.05) is 24.3 Å². The van der Waals surface area contributed by atoms with E-state index in [1.54, 1.807) is 0 Å². The number of hydrogen-bond donors (Lipinski definition) is 0. The smallest absolute Gasteiger partial charge is 0.328 e. The van der Waals surface area contributed by atoms with Crippen molar-refractivity contribution in [2.45, 2.75) is 0 Å². The SMILES string of the molecule is Brc1ccc(Oc2nc(N3CCOCC3)nc(N3CCOCC3)n2)cc1. The number of halogens is 1. The number of benzene rings is 1. The third-order valence-corrected chi connectivity index (χ3v) is 4.73. The summed E-state index contributed by atoms with van der Waals surface area (Å²) < 4.78 is 17.7. The maximum Gasteiger partial charge on any atom is 0.328 e. The molecule has 0 radical (unpaired) electrons. The molecule has 2 aliphatic rings. The Kier molecular flexibility index (Phi) is 5.47. The predicted molar refractivity (Wildman–Crippen MR) is 100 cm³/mol. The van der Waals surface area contributed by atoms with Crippen LogP contribution < -0.4 is 14.5 Å². The van der Waals surface area contributed by atoms with Crippen molar-refractivity contribution in [3.63, 3.8) is 0 Å². The highest BCUT2D eigenvalue weighted by atomic mass is 79.9. The molecule has 0 bridgehead atoms. The zero-order valence-corrected chi connectivity index (χ0v) is 15.9. The first-order valence-corrected chi connectivity index (χ1v) is 9.42. The summed E-state index contributed by atoms with van der Waals surface area (Å²) in [4.78, 5) is 17.9. The largest absolute Gasteiger partial charge is 0.424 e. The van der Waals surface area contributed by atoms with Crippen molar-refractivity contribution < 1.29 is 14.2 Å². The van der Waals surface area contributed by atoms with E-state index in [-0.39, 0.29) is 0 Å². The summed E-state index contributed by atoms with van der Waals surface area (Å²) in [5.74, 6) is 1.93. The second-order valence-electron chi connectivity index (χ2n) is 5.97. The molecule has 138 valence electrons. The third kappa shape index (κ3) is 4.22. The standard InChI is InChI=1S/C17H20BrN5O3/c18-13-1-3-14(4-2-13)26-17-20-15(22-5-9-24-10-6-22)19-16(21-17)23-7-11-25-12-8-23/h1-4H,5-12H2. The zero-order valence-electron chi connectivity index (χ0n) is 14.3. The lowest BCUT2D eigenvalue weighted by Crippen LogP contribution is -2.40. The average molecular weight is 422 g/mol. The molecular formula is C17H20BrN5O3. The first kappa shape index (κ1) is 17.4. The van der Waals surface area contributed by atoms with Crippen LogP contribution in [-0.4, -0.2) is 67.6 Å². The topological polar surface area (TPSA) is 72.8 Å². The molecule has 0 saturated carbocycles. The zero-order chi connectivity index (χ0) is 17.8. The van der Waals surface area contributed by atoms with Crippen molar-refractivity contribution in [3.8, 4) is 11.8 Å². The summed E-state index contributed by atoms with van der Waals surface area (Å²) in [6, 6.07) is 7.88. The quantitative estimate of drug-likeness (QED) is 0.742. The number of hydrogen-bond acceptors (Lipinski definition) is 8. The van der Waals surface area contributed by atoms with Crippen LogP contribution in [0.15, 0.2) is 28.7 Å². The highest BCUT2D eigenvalue weighted by Crippen LogP contribution is 2.24. The number of rotatable bonds is 4. The van der Waals surface area contributed by atoms with Crippen molar-refractivity contribution in [1.82, 2.24) is 15.0 Å². The molecule has 9 heteroatoms. The van der Waals surface area contributed by atoms with Crippen LogP contribution in [0.25, 0.3) is 0 Å². The summed E-state index contributed by atoms with van der Waals surface area (Å²) in [6.07, 6.45) is 0. The fourth-order valence-electron chi connectivity index (χ4n) is 2.80. The molecule has 1 aromatic heterocycles. The van der Waals surface area contributed by atoms with E-state index in [0.29, 0.717) is 50.1 Å². The van der Waals surface area contributed by atoms with E-state index in [4.69, 9.17) is 14.2 Å². The van der Waals surface area contributed by atoms with Gasteiger partial charge in [0.15, 0.2) is 0 Å². The van der Waals surface area contributed by atoms with Gasteiger partial charge in [0, 0.05) is 30.7 Å².